The highest BCUT2D eigenvalue weighted by molar-refractivity contribution is 14.1. The van der Waals surface area contributed by atoms with Crippen molar-refractivity contribution >= 4 is 28.6 Å². The quantitative estimate of drug-likeness (QED) is 0.535. The highest BCUT2D eigenvalue weighted by Gasteiger charge is 2.21. The van der Waals surface area contributed by atoms with Crippen molar-refractivity contribution in [3.05, 3.63) is 0 Å². The maximum Gasteiger partial charge on any atom is 0.0481 e. The molecule has 0 saturated carbocycles. The van der Waals surface area contributed by atoms with Gasteiger partial charge in [-0.3, -0.25) is 0 Å². The van der Waals surface area contributed by atoms with Gasteiger partial charge in [0.2, 0.25) is 0 Å². The second kappa shape index (κ2) is 3.39. The first-order valence-corrected chi connectivity index (χ1v) is 4.37. The lowest BCUT2D eigenvalue weighted by Crippen LogP contribution is -2.40. The third kappa shape index (κ3) is 2.12. The molecule has 0 aliphatic heterocycles. The smallest absolute Gasteiger partial charge is 0.0481 e. The van der Waals surface area contributed by atoms with Crippen LogP contribution in [0.25, 0.3) is 0 Å². The minimum atomic E-state index is -0.945. The fraction of sp³-hybridized carbons (Fsp3) is 0.833. The highest BCUT2D eigenvalue weighted by Crippen LogP contribution is 2.22. The second-order valence-corrected chi connectivity index (χ2v) is 3.10. The Morgan fingerprint density at radius 2 is 2.22 bits per heavy atom. The van der Waals surface area contributed by atoms with E-state index in [0.717, 1.165) is 0 Å². The van der Waals surface area contributed by atoms with E-state index in [1.807, 2.05) is 6.92 Å². The molecule has 1 unspecified atom stereocenters. The van der Waals surface area contributed by atoms with Crippen LogP contribution >= 0.6 is 22.6 Å². The third-order valence-electron chi connectivity index (χ3n) is 1.57. The van der Waals surface area contributed by atoms with Gasteiger partial charge >= 0.3 is 0 Å². The zero-order valence-electron chi connectivity index (χ0n) is 5.61. The fourth-order valence-electron chi connectivity index (χ4n) is 0.293. The van der Waals surface area contributed by atoms with Crippen LogP contribution in [0.3, 0.4) is 0 Å². The first kappa shape index (κ1) is 9.20. The molecular weight excluding hydrogens is 231 g/mol. The molecule has 2 nitrogen and oxygen atoms in total. The van der Waals surface area contributed by atoms with Crippen LogP contribution < -0.4 is 5.11 Å². The van der Waals surface area contributed by atoms with Gasteiger partial charge in [-0.25, -0.2) is 0 Å². The van der Waals surface area contributed by atoms with Crippen LogP contribution in [0.1, 0.15) is 20.3 Å². The number of carboxylic acids is 1. The number of carbonyl (C=O) groups is 1. The number of carbonyl (C=O) groups excluding carboxylic acids is 1. The Balaban J connectivity index is 4.09. The van der Waals surface area contributed by atoms with Crippen molar-refractivity contribution in [3.63, 3.8) is 0 Å². The van der Waals surface area contributed by atoms with Gasteiger partial charge in [0.25, 0.3) is 0 Å². The van der Waals surface area contributed by atoms with Gasteiger partial charge in [-0.2, -0.15) is 0 Å². The average Bonchev–Trinajstić information content (AvgIpc) is 1.86. The van der Waals surface area contributed by atoms with Crippen LogP contribution in [0, 0.1) is 5.41 Å². The SMILES string of the molecule is CCC(C)(CI)C(=O)[O-]. The molecule has 0 aromatic carbocycles. The maximum absolute atomic E-state index is 10.4. The van der Waals surface area contributed by atoms with Gasteiger partial charge in [-0.05, 0) is 6.42 Å². The third-order valence-corrected chi connectivity index (χ3v) is 3.25. The molecule has 0 N–H and O–H groups in total. The Kier molecular flexibility index (Phi) is 3.46. The molecule has 0 rings (SSSR count). The first-order valence-electron chi connectivity index (χ1n) is 2.84. The molecule has 0 aromatic rings. The van der Waals surface area contributed by atoms with Crippen molar-refractivity contribution in [2.45, 2.75) is 20.3 Å². The number of hydrogen-bond donors (Lipinski definition) is 0. The summed E-state index contributed by atoms with van der Waals surface area (Å²) in [6.45, 7) is 3.56. The van der Waals surface area contributed by atoms with Crippen molar-refractivity contribution in [1.29, 1.82) is 0 Å². The van der Waals surface area contributed by atoms with Gasteiger partial charge in [-0.1, -0.05) is 36.4 Å². The Labute approximate surface area is 68.8 Å². The van der Waals surface area contributed by atoms with Crippen molar-refractivity contribution in [2.75, 3.05) is 4.43 Å². The van der Waals surface area contributed by atoms with E-state index in [2.05, 4.69) is 22.6 Å². The van der Waals surface area contributed by atoms with E-state index >= 15 is 0 Å². The Hall–Kier alpha value is 0.200. The molecule has 54 valence electrons. The summed E-state index contributed by atoms with van der Waals surface area (Å²) in [6, 6.07) is 0. The molecule has 1 atom stereocenters. The Morgan fingerprint density at radius 3 is 2.22 bits per heavy atom. The maximum atomic E-state index is 10.4. The van der Waals surface area contributed by atoms with E-state index in [1.165, 1.54) is 0 Å². The topological polar surface area (TPSA) is 40.1 Å². The predicted molar refractivity (Wildman–Crippen MR) is 42.3 cm³/mol. The summed E-state index contributed by atoms with van der Waals surface area (Å²) in [5.74, 6) is -0.945. The van der Waals surface area contributed by atoms with E-state index in [9.17, 15) is 9.90 Å². The summed E-state index contributed by atoms with van der Waals surface area (Å²) >= 11 is 2.06. The molecule has 0 bridgehead atoms. The molecule has 0 spiro atoms. The van der Waals surface area contributed by atoms with Gasteiger partial charge in [0.1, 0.15) is 0 Å². The number of aliphatic carboxylic acids is 1. The minimum Gasteiger partial charge on any atom is -0.550 e. The molecule has 0 amide bonds. The summed E-state index contributed by atoms with van der Waals surface area (Å²) < 4.78 is 0.615. The van der Waals surface area contributed by atoms with E-state index in [-0.39, 0.29) is 0 Å². The molecule has 9 heavy (non-hydrogen) atoms. The Morgan fingerprint density at radius 1 is 1.78 bits per heavy atom. The van der Waals surface area contributed by atoms with E-state index < -0.39 is 11.4 Å². The van der Waals surface area contributed by atoms with Crippen LogP contribution in [-0.2, 0) is 4.79 Å². The molecule has 0 aliphatic carbocycles. The molecule has 0 radical (unpaired) electrons. The molecule has 0 saturated heterocycles. The number of hydrogen-bond acceptors (Lipinski definition) is 2. The summed E-state index contributed by atoms with van der Waals surface area (Å²) in [7, 11) is 0. The zero-order chi connectivity index (χ0) is 7.49. The molecule has 0 aliphatic rings. The van der Waals surface area contributed by atoms with E-state index in [4.69, 9.17) is 0 Å². The lowest BCUT2D eigenvalue weighted by Gasteiger charge is -2.26. The van der Waals surface area contributed by atoms with Gasteiger partial charge in [0, 0.05) is 15.8 Å². The number of halogens is 1. The van der Waals surface area contributed by atoms with Crippen LogP contribution in [0.5, 0.6) is 0 Å². The molecule has 3 heteroatoms. The lowest BCUT2D eigenvalue weighted by molar-refractivity contribution is -0.317. The molecule has 0 heterocycles. The number of carboxylic acid groups (broad SMARTS) is 1. The molecule has 0 aromatic heterocycles. The number of alkyl halides is 1. The zero-order valence-corrected chi connectivity index (χ0v) is 7.77. The fourth-order valence-corrected chi connectivity index (χ4v) is 1.14. The Bertz CT molecular complexity index is 108. The second-order valence-electron chi connectivity index (χ2n) is 2.34. The predicted octanol–water partition coefficient (Wildman–Crippen LogP) is 0.588. The summed E-state index contributed by atoms with van der Waals surface area (Å²) in [6.07, 6.45) is 0.637. The van der Waals surface area contributed by atoms with Gasteiger partial charge in [0.15, 0.2) is 0 Å². The average molecular weight is 241 g/mol. The monoisotopic (exact) mass is 241 g/mol. The summed E-state index contributed by atoms with van der Waals surface area (Å²) in [5.41, 5.74) is -0.624. The van der Waals surface area contributed by atoms with Crippen molar-refractivity contribution in [1.82, 2.24) is 0 Å². The van der Waals surface area contributed by atoms with Crippen molar-refractivity contribution < 1.29 is 9.90 Å². The summed E-state index contributed by atoms with van der Waals surface area (Å²) in [4.78, 5) is 10.4. The largest absolute Gasteiger partial charge is 0.550 e. The van der Waals surface area contributed by atoms with E-state index in [0.29, 0.717) is 10.8 Å². The first-order chi connectivity index (χ1) is 4.06. The van der Waals surface area contributed by atoms with E-state index in [1.54, 1.807) is 6.92 Å². The minimum absolute atomic E-state index is 0.615. The summed E-state index contributed by atoms with van der Waals surface area (Å²) in [5, 5.41) is 10.4. The molecule has 0 fully saturated rings. The van der Waals surface area contributed by atoms with Crippen LogP contribution in [0.4, 0.5) is 0 Å². The normalized spacial score (nSPS) is 16.8. The lowest BCUT2D eigenvalue weighted by atomic mass is 9.91. The van der Waals surface area contributed by atoms with Crippen LogP contribution in [0.2, 0.25) is 0 Å². The van der Waals surface area contributed by atoms with Gasteiger partial charge in [0.05, 0.1) is 0 Å². The van der Waals surface area contributed by atoms with Gasteiger partial charge in [-0.15, -0.1) is 0 Å². The van der Waals surface area contributed by atoms with Crippen molar-refractivity contribution in [2.24, 2.45) is 5.41 Å². The van der Waals surface area contributed by atoms with Crippen LogP contribution in [-0.4, -0.2) is 10.4 Å². The molecular formula is C6H10IO2-. The van der Waals surface area contributed by atoms with Crippen LogP contribution in [0.15, 0.2) is 0 Å². The van der Waals surface area contributed by atoms with Crippen molar-refractivity contribution in [3.8, 4) is 0 Å². The number of rotatable bonds is 3. The highest BCUT2D eigenvalue weighted by atomic mass is 127. The standard InChI is InChI=1S/C6H11IO2/c1-3-6(2,4-7)5(8)9/h3-4H2,1-2H3,(H,8,9)/p-1. The van der Waals surface area contributed by atoms with Gasteiger partial charge < -0.3 is 9.90 Å².